The standard InChI is InChI=1S/C22H29N5/c1-4-26(5-2)18(3)14-24-16-20-17-27(21-11-7-6-8-12-21)25-22(20)19-10-9-13-23-15-19/h6-13,15,17-18,24H,4-5,14,16H2,1-3H3. The number of nitrogens with one attached hydrogen (secondary N) is 1. The maximum Gasteiger partial charge on any atom is 0.0988 e. The third-order valence-electron chi connectivity index (χ3n) is 4.94. The van der Waals surface area contributed by atoms with Crippen molar-refractivity contribution in [2.24, 2.45) is 0 Å². The van der Waals surface area contributed by atoms with Crippen molar-refractivity contribution in [2.75, 3.05) is 19.6 Å². The van der Waals surface area contributed by atoms with Crippen LogP contribution in [0.15, 0.2) is 61.1 Å². The van der Waals surface area contributed by atoms with Crippen LogP contribution < -0.4 is 5.32 Å². The molecule has 5 heteroatoms. The summed E-state index contributed by atoms with van der Waals surface area (Å²) in [6, 6.07) is 14.7. The van der Waals surface area contributed by atoms with E-state index in [0.717, 1.165) is 43.1 Å². The molecule has 0 saturated heterocycles. The van der Waals surface area contributed by atoms with Crippen LogP contribution in [0.3, 0.4) is 0 Å². The molecule has 2 heterocycles. The lowest BCUT2D eigenvalue weighted by Gasteiger charge is -2.26. The molecule has 0 aliphatic rings. The van der Waals surface area contributed by atoms with Gasteiger partial charge < -0.3 is 5.32 Å². The topological polar surface area (TPSA) is 46.0 Å². The Bertz CT molecular complexity index is 809. The first-order chi connectivity index (χ1) is 13.2. The van der Waals surface area contributed by atoms with Gasteiger partial charge in [0.1, 0.15) is 0 Å². The number of aromatic nitrogens is 3. The summed E-state index contributed by atoms with van der Waals surface area (Å²) in [5.74, 6) is 0. The zero-order valence-corrected chi connectivity index (χ0v) is 16.5. The van der Waals surface area contributed by atoms with Gasteiger partial charge in [-0.25, -0.2) is 4.68 Å². The van der Waals surface area contributed by atoms with Gasteiger partial charge in [-0.2, -0.15) is 5.10 Å². The van der Waals surface area contributed by atoms with Crippen LogP contribution in [0, 0.1) is 0 Å². The quantitative estimate of drug-likeness (QED) is 0.629. The summed E-state index contributed by atoms with van der Waals surface area (Å²) in [5.41, 5.74) is 4.26. The van der Waals surface area contributed by atoms with Crippen LogP contribution in [0.4, 0.5) is 0 Å². The van der Waals surface area contributed by atoms with Crippen LogP contribution in [0.2, 0.25) is 0 Å². The van der Waals surface area contributed by atoms with Crippen molar-refractivity contribution in [1.29, 1.82) is 0 Å². The zero-order chi connectivity index (χ0) is 19.1. The molecule has 1 unspecified atom stereocenters. The summed E-state index contributed by atoms with van der Waals surface area (Å²) >= 11 is 0. The molecule has 142 valence electrons. The largest absolute Gasteiger partial charge is 0.311 e. The summed E-state index contributed by atoms with van der Waals surface area (Å²) in [7, 11) is 0. The van der Waals surface area contributed by atoms with Crippen LogP contribution in [0.5, 0.6) is 0 Å². The van der Waals surface area contributed by atoms with Crippen molar-refractivity contribution in [3.05, 3.63) is 66.6 Å². The van der Waals surface area contributed by atoms with E-state index in [1.54, 1.807) is 6.20 Å². The predicted molar refractivity (Wildman–Crippen MR) is 111 cm³/mol. The van der Waals surface area contributed by atoms with E-state index in [2.05, 4.69) is 60.4 Å². The van der Waals surface area contributed by atoms with Crippen molar-refractivity contribution in [1.82, 2.24) is 25.0 Å². The van der Waals surface area contributed by atoms with Crippen molar-refractivity contribution in [2.45, 2.75) is 33.4 Å². The molecule has 27 heavy (non-hydrogen) atoms. The van der Waals surface area contributed by atoms with Crippen molar-refractivity contribution in [3.8, 4) is 16.9 Å². The van der Waals surface area contributed by atoms with Crippen molar-refractivity contribution >= 4 is 0 Å². The Morgan fingerprint density at radius 3 is 2.52 bits per heavy atom. The highest BCUT2D eigenvalue weighted by Crippen LogP contribution is 2.23. The Kier molecular flexibility index (Phi) is 6.74. The molecule has 2 aromatic heterocycles. The molecule has 0 fully saturated rings. The molecule has 0 aliphatic carbocycles. The third kappa shape index (κ3) is 4.81. The summed E-state index contributed by atoms with van der Waals surface area (Å²) in [6.07, 6.45) is 5.79. The fourth-order valence-electron chi connectivity index (χ4n) is 3.39. The van der Waals surface area contributed by atoms with Crippen molar-refractivity contribution in [3.63, 3.8) is 0 Å². The van der Waals surface area contributed by atoms with E-state index in [9.17, 15) is 0 Å². The Labute approximate surface area is 162 Å². The molecule has 1 N–H and O–H groups in total. The molecule has 0 aliphatic heterocycles. The number of benzene rings is 1. The molecule has 5 nitrogen and oxygen atoms in total. The molecule has 0 spiro atoms. The molecule has 0 amide bonds. The second-order valence-electron chi connectivity index (χ2n) is 6.73. The van der Waals surface area contributed by atoms with Gasteiger partial charge in [-0.3, -0.25) is 9.88 Å². The molecule has 0 saturated carbocycles. The minimum atomic E-state index is 0.506. The predicted octanol–water partition coefficient (Wildman–Crippen LogP) is 3.75. The molecule has 3 aromatic rings. The number of nitrogens with zero attached hydrogens (tertiary/aromatic N) is 4. The van der Waals surface area contributed by atoms with Crippen LogP contribution in [-0.2, 0) is 6.54 Å². The average Bonchev–Trinajstić information content (AvgIpc) is 3.14. The molecular formula is C22H29N5. The van der Waals surface area contributed by atoms with Crippen LogP contribution in [0.1, 0.15) is 26.3 Å². The third-order valence-corrected chi connectivity index (χ3v) is 4.94. The minimum Gasteiger partial charge on any atom is -0.311 e. The molecule has 1 aromatic carbocycles. The Morgan fingerprint density at radius 2 is 1.85 bits per heavy atom. The second kappa shape index (κ2) is 9.44. The number of likely N-dealkylation sites (N-methyl/N-ethyl adjacent to an activating group) is 1. The van der Waals surface area contributed by atoms with Gasteiger partial charge in [-0.05, 0) is 44.3 Å². The van der Waals surface area contributed by atoms with Gasteiger partial charge >= 0.3 is 0 Å². The van der Waals surface area contributed by atoms with Gasteiger partial charge in [0.05, 0.1) is 11.4 Å². The summed E-state index contributed by atoms with van der Waals surface area (Å²) in [4.78, 5) is 6.72. The van der Waals surface area contributed by atoms with Gasteiger partial charge in [0.15, 0.2) is 0 Å². The lowest BCUT2D eigenvalue weighted by atomic mass is 10.1. The van der Waals surface area contributed by atoms with E-state index in [0.29, 0.717) is 6.04 Å². The van der Waals surface area contributed by atoms with E-state index in [-0.39, 0.29) is 0 Å². The summed E-state index contributed by atoms with van der Waals surface area (Å²) < 4.78 is 1.95. The molecule has 0 bridgehead atoms. The maximum atomic E-state index is 4.84. The maximum absolute atomic E-state index is 4.84. The highest BCUT2D eigenvalue weighted by molar-refractivity contribution is 5.62. The van der Waals surface area contributed by atoms with E-state index in [1.165, 1.54) is 5.56 Å². The normalized spacial score (nSPS) is 12.4. The summed E-state index contributed by atoms with van der Waals surface area (Å²) in [5, 5.41) is 8.45. The molecule has 3 rings (SSSR count). The Morgan fingerprint density at radius 1 is 1.07 bits per heavy atom. The monoisotopic (exact) mass is 363 g/mol. The Balaban J connectivity index is 1.80. The summed E-state index contributed by atoms with van der Waals surface area (Å²) in [6.45, 7) is 10.6. The van der Waals surface area contributed by atoms with Gasteiger partial charge in [0.25, 0.3) is 0 Å². The first-order valence-electron chi connectivity index (χ1n) is 9.72. The van der Waals surface area contributed by atoms with Crippen molar-refractivity contribution < 1.29 is 0 Å². The van der Waals surface area contributed by atoms with Gasteiger partial charge in [-0.15, -0.1) is 0 Å². The second-order valence-corrected chi connectivity index (χ2v) is 6.73. The number of pyridine rings is 1. The van der Waals surface area contributed by atoms with E-state index < -0.39 is 0 Å². The number of rotatable bonds is 9. The number of para-hydroxylation sites is 1. The van der Waals surface area contributed by atoms with E-state index in [1.807, 2.05) is 35.1 Å². The molecule has 0 radical (unpaired) electrons. The van der Waals surface area contributed by atoms with Crippen LogP contribution >= 0.6 is 0 Å². The van der Waals surface area contributed by atoms with E-state index >= 15 is 0 Å². The van der Waals surface area contributed by atoms with Gasteiger partial charge in [0.2, 0.25) is 0 Å². The SMILES string of the molecule is CCN(CC)C(C)CNCc1cn(-c2ccccc2)nc1-c1cccnc1. The average molecular weight is 364 g/mol. The van der Waals surface area contributed by atoms with E-state index in [4.69, 9.17) is 5.10 Å². The highest BCUT2D eigenvalue weighted by Gasteiger charge is 2.14. The first kappa shape index (κ1) is 19.3. The lowest BCUT2D eigenvalue weighted by molar-refractivity contribution is 0.225. The molecule has 1 atom stereocenters. The molecular weight excluding hydrogens is 334 g/mol. The first-order valence-corrected chi connectivity index (χ1v) is 9.72. The van der Waals surface area contributed by atoms with Crippen LogP contribution in [-0.4, -0.2) is 45.3 Å². The zero-order valence-electron chi connectivity index (χ0n) is 16.5. The fraction of sp³-hybridized carbons (Fsp3) is 0.364. The Hall–Kier alpha value is -2.50. The number of hydrogen-bond acceptors (Lipinski definition) is 4. The minimum absolute atomic E-state index is 0.506. The fourth-order valence-corrected chi connectivity index (χ4v) is 3.39. The van der Waals surface area contributed by atoms with Gasteiger partial charge in [0, 0.05) is 48.8 Å². The van der Waals surface area contributed by atoms with Gasteiger partial charge in [-0.1, -0.05) is 32.0 Å². The highest BCUT2D eigenvalue weighted by atomic mass is 15.3. The number of hydrogen-bond donors (Lipinski definition) is 1. The lowest BCUT2D eigenvalue weighted by Crippen LogP contribution is -2.39. The van der Waals surface area contributed by atoms with Crippen LogP contribution in [0.25, 0.3) is 16.9 Å². The smallest absolute Gasteiger partial charge is 0.0988 e.